The van der Waals surface area contributed by atoms with Crippen LogP contribution in [0.1, 0.15) is 16.1 Å². The number of rotatable bonds is 1. The Balaban J connectivity index is 0.00000121. The van der Waals surface area contributed by atoms with Crippen LogP contribution < -0.4 is 5.73 Å². The fourth-order valence-corrected chi connectivity index (χ4v) is 0.758. The van der Waals surface area contributed by atoms with Crippen molar-refractivity contribution < 1.29 is 9.90 Å². The molecule has 1 rings (SSSR count). The standard InChI is InChI=1S/C7H8N2O2.K/c1-4-2-3-5(7(10)11)6(8)9-4;/h2-3H,1H3,(H2,8,9)(H,10,11);. The van der Waals surface area contributed by atoms with Crippen LogP contribution in [-0.2, 0) is 0 Å². The maximum Gasteiger partial charge on any atom is 0.339 e. The van der Waals surface area contributed by atoms with Gasteiger partial charge >= 0.3 is 5.97 Å². The van der Waals surface area contributed by atoms with Crippen molar-refractivity contribution in [3.63, 3.8) is 0 Å². The summed E-state index contributed by atoms with van der Waals surface area (Å²) in [7, 11) is 0. The van der Waals surface area contributed by atoms with Gasteiger partial charge in [0.1, 0.15) is 11.4 Å². The molecule has 0 aliphatic carbocycles. The molecule has 59 valence electrons. The molecule has 5 heteroatoms. The first kappa shape index (κ1) is 12.1. The first-order valence-corrected chi connectivity index (χ1v) is 3.07. The Labute approximate surface area is 113 Å². The molecule has 0 spiro atoms. The fraction of sp³-hybridized carbons (Fsp3) is 0.143. The van der Waals surface area contributed by atoms with Crippen LogP contribution in [0.2, 0.25) is 0 Å². The number of aromatic carboxylic acids is 1. The van der Waals surface area contributed by atoms with Gasteiger partial charge in [0.25, 0.3) is 0 Å². The van der Waals surface area contributed by atoms with Crippen LogP contribution in [0.25, 0.3) is 0 Å². The van der Waals surface area contributed by atoms with Gasteiger partial charge in [0.05, 0.1) is 0 Å². The first-order chi connectivity index (χ1) is 5.11. The number of nitrogens with two attached hydrogens (primary N) is 1. The van der Waals surface area contributed by atoms with E-state index in [0.717, 1.165) is 0 Å². The predicted molar refractivity (Wildman–Crippen MR) is 46.1 cm³/mol. The zero-order chi connectivity index (χ0) is 8.43. The number of carbonyl (C=O) groups is 1. The summed E-state index contributed by atoms with van der Waals surface area (Å²) in [5, 5.41) is 8.54. The predicted octanol–water partition coefficient (Wildman–Crippen LogP) is 0.290. The SMILES string of the molecule is Cc1ccc(C(=O)O)c(N)n1.[K]. The zero-order valence-corrected chi connectivity index (χ0v) is 10.2. The third kappa shape index (κ3) is 2.84. The van der Waals surface area contributed by atoms with Crippen molar-refractivity contribution in [1.82, 2.24) is 4.98 Å². The molecule has 3 N–H and O–H groups in total. The van der Waals surface area contributed by atoms with E-state index < -0.39 is 5.97 Å². The molecule has 0 aliphatic rings. The summed E-state index contributed by atoms with van der Waals surface area (Å²) in [5.41, 5.74) is 6.10. The number of anilines is 1. The molecule has 0 saturated carbocycles. The normalized spacial score (nSPS) is 8.75. The summed E-state index contributed by atoms with van der Waals surface area (Å²) in [6.45, 7) is 1.75. The van der Waals surface area contributed by atoms with E-state index in [1.54, 1.807) is 13.0 Å². The second kappa shape index (κ2) is 4.93. The fourth-order valence-electron chi connectivity index (χ4n) is 0.758. The van der Waals surface area contributed by atoms with Gasteiger partial charge in [-0.25, -0.2) is 9.78 Å². The average Bonchev–Trinajstić information content (AvgIpc) is 1.85. The van der Waals surface area contributed by atoms with Gasteiger partial charge in [0.15, 0.2) is 0 Å². The number of carboxylic acid groups (broad SMARTS) is 1. The molecular formula is C7H8KN2O2. The van der Waals surface area contributed by atoms with Gasteiger partial charge < -0.3 is 10.8 Å². The van der Waals surface area contributed by atoms with Gasteiger partial charge in [0.2, 0.25) is 0 Å². The molecule has 12 heavy (non-hydrogen) atoms. The van der Waals surface area contributed by atoms with Crippen molar-refractivity contribution in [2.24, 2.45) is 0 Å². The number of aromatic nitrogens is 1. The average molecular weight is 191 g/mol. The van der Waals surface area contributed by atoms with Crippen LogP contribution in [0.15, 0.2) is 12.1 Å². The summed E-state index contributed by atoms with van der Waals surface area (Å²) in [4.78, 5) is 14.2. The van der Waals surface area contributed by atoms with Crippen molar-refractivity contribution in [2.45, 2.75) is 6.92 Å². The van der Waals surface area contributed by atoms with E-state index in [1.165, 1.54) is 6.07 Å². The smallest absolute Gasteiger partial charge is 0.339 e. The quantitative estimate of drug-likeness (QED) is 0.625. The molecule has 1 radical (unpaired) electrons. The Kier molecular flexibility index (Phi) is 4.96. The van der Waals surface area contributed by atoms with Crippen molar-refractivity contribution in [2.75, 3.05) is 5.73 Å². The molecule has 1 heterocycles. The third-order valence-corrected chi connectivity index (χ3v) is 1.29. The van der Waals surface area contributed by atoms with Gasteiger partial charge in [-0.1, -0.05) is 0 Å². The minimum atomic E-state index is -1.05. The van der Waals surface area contributed by atoms with Crippen LogP contribution in [0, 0.1) is 6.92 Å². The first-order valence-electron chi connectivity index (χ1n) is 3.07. The molecule has 0 fully saturated rings. The Hall–Kier alpha value is 0.0564. The Bertz CT molecular complexity index is 301. The molecule has 0 bridgehead atoms. The number of nitrogens with zero attached hydrogens (tertiary/aromatic N) is 1. The molecule has 0 saturated heterocycles. The molecule has 0 aromatic carbocycles. The van der Waals surface area contributed by atoms with Gasteiger partial charge in [-0.15, -0.1) is 0 Å². The number of hydrogen-bond acceptors (Lipinski definition) is 3. The van der Waals surface area contributed by atoms with E-state index in [1.807, 2.05) is 0 Å². The van der Waals surface area contributed by atoms with Gasteiger partial charge in [-0.2, -0.15) is 0 Å². The van der Waals surface area contributed by atoms with Crippen LogP contribution in [0.4, 0.5) is 5.82 Å². The van der Waals surface area contributed by atoms with Gasteiger partial charge in [0, 0.05) is 57.1 Å². The molecule has 0 aliphatic heterocycles. The van der Waals surface area contributed by atoms with E-state index in [9.17, 15) is 4.79 Å². The molecular weight excluding hydrogens is 183 g/mol. The third-order valence-electron chi connectivity index (χ3n) is 1.29. The second-order valence-corrected chi connectivity index (χ2v) is 2.19. The Morgan fingerprint density at radius 3 is 2.58 bits per heavy atom. The molecule has 1 aromatic heterocycles. The number of nitrogen functional groups attached to an aromatic ring is 1. The molecule has 0 amide bonds. The maximum atomic E-state index is 10.4. The molecule has 1 aromatic rings. The number of carboxylic acids is 1. The minimum absolute atomic E-state index is 0. The number of pyridine rings is 1. The van der Waals surface area contributed by atoms with Crippen molar-refractivity contribution in [3.8, 4) is 0 Å². The van der Waals surface area contributed by atoms with E-state index >= 15 is 0 Å². The monoisotopic (exact) mass is 191 g/mol. The zero-order valence-electron chi connectivity index (χ0n) is 7.03. The van der Waals surface area contributed by atoms with Crippen LogP contribution >= 0.6 is 0 Å². The molecule has 0 unspecified atom stereocenters. The van der Waals surface area contributed by atoms with Crippen LogP contribution in [-0.4, -0.2) is 67.4 Å². The van der Waals surface area contributed by atoms with Gasteiger partial charge in [-0.3, -0.25) is 0 Å². The van der Waals surface area contributed by atoms with Crippen LogP contribution in [0.3, 0.4) is 0 Å². The summed E-state index contributed by atoms with van der Waals surface area (Å²) in [6, 6.07) is 3.06. The summed E-state index contributed by atoms with van der Waals surface area (Å²) in [6.07, 6.45) is 0. The summed E-state index contributed by atoms with van der Waals surface area (Å²) >= 11 is 0. The summed E-state index contributed by atoms with van der Waals surface area (Å²) < 4.78 is 0. The molecule has 0 atom stereocenters. The Morgan fingerprint density at radius 1 is 1.58 bits per heavy atom. The van der Waals surface area contributed by atoms with Crippen molar-refractivity contribution in [1.29, 1.82) is 0 Å². The summed E-state index contributed by atoms with van der Waals surface area (Å²) in [5.74, 6) is -0.979. The number of aryl methyl sites for hydroxylation is 1. The van der Waals surface area contributed by atoms with E-state index in [0.29, 0.717) is 5.69 Å². The van der Waals surface area contributed by atoms with Gasteiger partial charge in [-0.05, 0) is 19.1 Å². The van der Waals surface area contributed by atoms with Crippen LogP contribution in [0.5, 0.6) is 0 Å². The largest absolute Gasteiger partial charge is 0.478 e. The van der Waals surface area contributed by atoms with Crippen molar-refractivity contribution in [3.05, 3.63) is 23.4 Å². The van der Waals surface area contributed by atoms with E-state index in [2.05, 4.69) is 4.98 Å². The topological polar surface area (TPSA) is 76.2 Å². The Morgan fingerprint density at radius 2 is 2.17 bits per heavy atom. The molecule has 4 nitrogen and oxygen atoms in total. The van der Waals surface area contributed by atoms with Crippen molar-refractivity contribution >= 4 is 63.2 Å². The minimum Gasteiger partial charge on any atom is -0.478 e. The van der Waals surface area contributed by atoms with E-state index in [4.69, 9.17) is 10.8 Å². The maximum absolute atomic E-state index is 10.4. The second-order valence-electron chi connectivity index (χ2n) is 2.19. The van der Waals surface area contributed by atoms with E-state index in [-0.39, 0.29) is 62.8 Å². The number of hydrogen-bond donors (Lipinski definition) is 2.